The van der Waals surface area contributed by atoms with Gasteiger partial charge in [-0.3, -0.25) is 0 Å². The maximum absolute atomic E-state index is 8.50. The number of aromatic nitrogens is 7. The Morgan fingerprint density at radius 3 is 0.766 bits per heavy atom. The van der Waals surface area contributed by atoms with Crippen LogP contribution in [0, 0.1) is 92.6 Å². The summed E-state index contributed by atoms with van der Waals surface area (Å²) in [5.41, 5.74) is 28.1. The van der Waals surface area contributed by atoms with Gasteiger partial charge in [-0.25, -0.2) is 32.0 Å². The molecule has 0 saturated heterocycles. The van der Waals surface area contributed by atoms with Gasteiger partial charge in [-0.2, -0.15) is 0 Å². The summed E-state index contributed by atoms with van der Waals surface area (Å²) in [6.45, 7) is 35.8. The molecule has 128 heavy (non-hydrogen) atoms. The number of hydrogen-bond donors (Lipinski definition) is 0. The van der Waals surface area contributed by atoms with Crippen LogP contribution in [-0.2, 0) is 68.5 Å². The van der Waals surface area contributed by atoms with E-state index in [1.165, 1.54) is 33.5 Å². The maximum atomic E-state index is 8.50. The predicted octanol–water partition coefficient (Wildman–Crippen LogP) is 27.5. The summed E-state index contributed by atoms with van der Waals surface area (Å²) in [5.74, 6) is -2.57. The smallest absolute Gasteiger partial charge is 0.201 e. The van der Waals surface area contributed by atoms with E-state index in [2.05, 4.69) is 115 Å². The standard InChI is InChI=1S/C19H26N.2C18H24N.2C17H22N.2C16H20N/c1-14-7-8-17(15(2)11-14)18-12-16(9-10-20(18)6)13-19(3,4)5;1-13(2)10-16-8-9-19(5)18(12-16)17-7-6-14(3)11-15(17)4;1-14-8-6-7-9-16(14)17-12-15(10-11-19(17)5)13-18(2,3)4;1-12(2)15-7-9-17(18(5)11-15)16-8-6-13(3)10-14(16)4;1-12(2)15-8-9-18(5)17(11-15)16-7-6-13(3)10-14(16)4;1-12(2)14-9-10-17(4)16(11-14)15-8-6-5-7-13(15)3;1-12(2)14-9-10-16(17(4)11-14)15-8-6-5-7-13(15)3/h7-12H,13H2,1-6H3;6-9,11-13H,10H2,1-5H3;6-12H,13H2,1-5H3;2*6-12H,1-5H3;2*5-12H,1-4H3/q7*+1/i1D3,13D2;3D3,10D2;13D2;2*3D3,12D;2*12D. The number of hydrogen-bond acceptors (Lipinski definition) is 0. The SMILES string of the molecule is [2H]C(C)(C)c1cc[n+](C)c(-c2ccccc2C)c1.[2H]C(C)(C)c1ccc(-c2ccccc2C)[n+](C)c1.[2H]C([2H])([2H])c1ccc(-c2cc(C([2H])(C)C)cc[n+]2C)c(C)c1.[2H]C([2H])([2H])c1ccc(-c2cc(C([2H])([2H])C(C)(C)C)cc[n+]2C)c(C)c1.[2H]C([2H])([2H])c1ccc(-c2cc(C([2H])([2H])C(C)C)cc[n+]2C)c(C)c1.[2H]C([2H])([2H])c1ccc(-c2ccc(C([2H])(C)C)c[n+]2C)c(C)c1.[2H]C([2H])(c1cc[n+](C)c(-c2ccccc2C)c1)C(C)(C)C. The van der Waals surface area contributed by atoms with E-state index in [0.717, 1.165) is 112 Å². The van der Waals surface area contributed by atoms with Gasteiger partial charge in [-0.15, -0.1) is 0 Å². The number of pyridine rings is 7. The molecule has 0 bridgehead atoms. The summed E-state index contributed by atoms with van der Waals surface area (Å²) in [6, 6.07) is 73.1. The Labute approximate surface area is 806 Å². The highest BCUT2D eigenvalue weighted by Gasteiger charge is 2.24. The first-order valence-corrected chi connectivity index (χ1v) is 44.3. The van der Waals surface area contributed by atoms with Gasteiger partial charge in [0.15, 0.2) is 43.4 Å². The number of rotatable bonds is 15. The molecule has 7 heteroatoms. The molecule has 7 aromatic heterocycles. The summed E-state index contributed by atoms with van der Waals surface area (Å²) in [5, 5.41) is 0. The summed E-state index contributed by atoms with van der Waals surface area (Å²) in [4.78, 5) is 0. The number of nitrogens with zero attached hydrogens (tertiary/aromatic N) is 7. The fraction of sp³-hybridized carbons (Fsp3) is 0.364. The molecule has 7 nitrogen and oxygen atoms in total. The van der Waals surface area contributed by atoms with Crippen LogP contribution in [0.3, 0.4) is 0 Å². The molecule has 0 aliphatic rings. The van der Waals surface area contributed by atoms with E-state index >= 15 is 0 Å². The van der Waals surface area contributed by atoms with Crippen LogP contribution in [0.5, 0.6) is 0 Å². The van der Waals surface area contributed by atoms with E-state index in [1.54, 1.807) is 66.7 Å². The lowest BCUT2D eigenvalue weighted by atomic mass is 9.88. The van der Waals surface area contributed by atoms with Crippen LogP contribution < -0.4 is 32.0 Å². The molecule has 0 atom stereocenters. The maximum Gasteiger partial charge on any atom is 0.212 e. The quantitative estimate of drug-likeness (QED) is 0.0915. The molecule has 0 saturated carbocycles. The fourth-order valence-electron chi connectivity index (χ4n) is 15.0. The molecule has 0 fully saturated rings. The van der Waals surface area contributed by atoms with E-state index in [-0.39, 0.29) is 5.92 Å². The molecular formula is C121H158N7+7. The van der Waals surface area contributed by atoms with E-state index in [4.69, 9.17) is 30.2 Å². The van der Waals surface area contributed by atoms with Crippen LogP contribution in [0.1, 0.15) is 265 Å². The van der Waals surface area contributed by atoms with Gasteiger partial charge in [0.2, 0.25) is 39.9 Å². The first-order valence-electron chi connectivity index (χ1n) is 55.3. The Kier molecular flexibility index (Phi) is 26.7. The van der Waals surface area contributed by atoms with Crippen molar-refractivity contribution in [3.05, 3.63) is 374 Å². The molecule has 0 spiro atoms. The lowest BCUT2D eigenvalue weighted by molar-refractivity contribution is -0.661. The Balaban J connectivity index is 0.000000214. The normalized spacial score (nSPS) is 14.8. The Bertz CT molecular complexity index is 7000. The highest BCUT2D eigenvalue weighted by Crippen LogP contribution is 2.32. The molecule has 7 aromatic carbocycles. The average Bonchev–Trinajstić information content (AvgIpc) is 0.769. The van der Waals surface area contributed by atoms with E-state index in [1.807, 2.05) is 333 Å². The van der Waals surface area contributed by atoms with Gasteiger partial charge < -0.3 is 0 Å². The van der Waals surface area contributed by atoms with Crippen LogP contribution in [0.2, 0.25) is 0 Å². The third-order valence-corrected chi connectivity index (χ3v) is 22.1. The van der Waals surface area contributed by atoms with Crippen molar-refractivity contribution in [1.29, 1.82) is 0 Å². The van der Waals surface area contributed by atoms with Crippen molar-refractivity contribution in [2.45, 2.75) is 229 Å². The van der Waals surface area contributed by atoms with Gasteiger partial charge in [0.25, 0.3) is 0 Å². The largest absolute Gasteiger partial charge is 0.212 e. The topological polar surface area (TPSA) is 27.2 Å². The van der Waals surface area contributed by atoms with E-state index < -0.39 is 80.9 Å². The van der Waals surface area contributed by atoms with Crippen LogP contribution in [0.25, 0.3) is 78.8 Å². The monoisotopic (exact) mass is 1730 g/mol. The van der Waals surface area contributed by atoms with E-state index in [0.29, 0.717) is 33.4 Å². The van der Waals surface area contributed by atoms with Crippen molar-refractivity contribution in [1.82, 2.24) is 0 Å². The van der Waals surface area contributed by atoms with Gasteiger partial charge in [-0.1, -0.05) is 236 Å². The van der Waals surface area contributed by atoms with Crippen LogP contribution >= 0.6 is 0 Å². The molecule has 0 unspecified atom stereocenters. The Morgan fingerprint density at radius 2 is 0.508 bits per heavy atom. The minimum atomic E-state index is -2.13. The van der Waals surface area contributed by atoms with Gasteiger partial charge in [0.1, 0.15) is 49.3 Å². The second-order valence-electron chi connectivity index (χ2n) is 37.0. The fourth-order valence-corrected chi connectivity index (χ4v) is 15.0. The zero-order chi connectivity index (χ0) is 113. The molecule has 0 radical (unpaired) electrons. The van der Waals surface area contributed by atoms with Crippen molar-refractivity contribution in [3.8, 4) is 78.8 Å². The second kappa shape index (κ2) is 46.5. The van der Waals surface area contributed by atoms with Crippen molar-refractivity contribution < 1.29 is 62.1 Å². The second-order valence-corrected chi connectivity index (χ2v) is 37.0. The zero-order valence-electron chi connectivity index (χ0n) is 104. The van der Waals surface area contributed by atoms with Gasteiger partial charge in [0, 0.05) is 153 Å². The van der Waals surface area contributed by atoms with Crippen LogP contribution in [-0.4, -0.2) is 0 Å². The average molecular weight is 1730 g/mol. The highest BCUT2D eigenvalue weighted by molar-refractivity contribution is 5.67. The van der Waals surface area contributed by atoms with Gasteiger partial charge >= 0.3 is 0 Å². The zero-order valence-corrected chi connectivity index (χ0v) is 82.2. The van der Waals surface area contributed by atoms with Crippen molar-refractivity contribution in [2.24, 2.45) is 66.1 Å². The number of benzene rings is 7. The lowest BCUT2D eigenvalue weighted by Crippen LogP contribution is -2.31. The molecule has 0 aliphatic heterocycles. The first-order chi connectivity index (χ1) is 68.6. The minimum Gasteiger partial charge on any atom is -0.201 e. The summed E-state index contributed by atoms with van der Waals surface area (Å²) in [7, 11) is 13.8. The van der Waals surface area contributed by atoms with Crippen LogP contribution in [0.15, 0.2) is 274 Å². The molecule has 0 aliphatic carbocycles. The summed E-state index contributed by atoms with van der Waals surface area (Å²) in [6.07, 6.45) is 9.35. The molecule has 0 N–H and O–H groups in total. The Morgan fingerprint density at radius 1 is 0.258 bits per heavy atom. The molecule has 7 heterocycles. The predicted molar refractivity (Wildman–Crippen MR) is 545 cm³/mol. The van der Waals surface area contributed by atoms with Crippen LogP contribution in [0.4, 0.5) is 0 Å². The third kappa shape index (κ3) is 29.8. The number of aryl methyl sites for hydroxylation is 18. The Hall–Kier alpha value is -11.4. The van der Waals surface area contributed by atoms with Crippen molar-refractivity contribution in [2.75, 3.05) is 0 Å². The van der Waals surface area contributed by atoms with E-state index in [9.17, 15) is 0 Å². The van der Waals surface area contributed by atoms with Gasteiger partial charge in [-0.05, 0) is 257 Å². The first kappa shape index (κ1) is 73.5. The molecule has 14 rings (SSSR count). The molecule has 14 aromatic rings. The third-order valence-electron chi connectivity index (χ3n) is 22.1. The molecule has 670 valence electrons. The van der Waals surface area contributed by atoms with Crippen molar-refractivity contribution in [3.63, 3.8) is 0 Å². The summed E-state index contributed by atoms with van der Waals surface area (Å²) < 4.78 is 187. The van der Waals surface area contributed by atoms with Crippen molar-refractivity contribution >= 4 is 0 Å². The molecule has 0 amide bonds. The molecular weight excluding hydrogens is 1550 g/mol. The van der Waals surface area contributed by atoms with Gasteiger partial charge in [0.05, 0.1) is 0 Å². The summed E-state index contributed by atoms with van der Waals surface area (Å²) >= 11 is 0. The minimum absolute atomic E-state index is 0.142. The highest BCUT2D eigenvalue weighted by atomic mass is 14.9. The lowest BCUT2D eigenvalue weighted by Gasteiger charge is -2.18.